The minimum atomic E-state index is 0.774. The molecular weight excluding hydrogens is 420 g/mol. The van der Waals surface area contributed by atoms with Crippen molar-refractivity contribution in [3.8, 4) is 16.8 Å². The van der Waals surface area contributed by atoms with E-state index in [9.17, 15) is 0 Å². The SMILES string of the molecule is Nc1cccc(-c2cccc3sc4ccccc4c23)c1-n1c2ccccc2c2ccccc21. The molecule has 0 aliphatic heterocycles. The van der Waals surface area contributed by atoms with Crippen LogP contribution in [0.3, 0.4) is 0 Å². The summed E-state index contributed by atoms with van der Waals surface area (Å²) >= 11 is 1.85. The number of nitrogens with two attached hydrogens (primary N) is 1. The van der Waals surface area contributed by atoms with E-state index in [0.717, 1.165) is 16.9 Å². The monoisotopic (exact) mass is 440 g/mol. The third kappa shape index (κ3) is 2.60. The maximum Gasteiger partial charge on any atom is 0.0770 e. The third-order valence-electron chi connectivity index (χ3n) is 6.56. The lowest BCUT2D eigenvalue weighted by atomic mass is 9.97. The predicted molar refractivity (Wildman–Crippen MR) is 144 cm³/mol. The fourth-order valence-electron chi connectivity index (χ4n) is 5.19. The van der Waals surface area contributed by atoms with Crippen molar-refractivity contribution in [1.82, 2.24) is 4.57 Å². The molecule has 156 valence electrons. The number of hydrogen-bond acceptors (Lipinski definition) is 2. The molecule has 0 radical (unpaired) electrons. The van der Waals surface area contributed by atoms with E-state index in [2.05, 4.69) is 108 Å². The van der Waals surface area contributed by atoms with E-state index in [4.69, 9.17) is 5.73 Å². The van der Waals surface area contributed by atoms with Crippen LogP contribution >= 0.6 is 11.3 Å². The average Bonchev–Trinajstić information content (AvgIpc) is 3.40. The molecule has 2 nitrogen and oxygen atoms in total. The van der Waals surface area contributed by atoms with Crippen molar-refractivity contribution in [2.75, 3.05) is 5.73 Å². The van der Waals surface area contributed by atoms with Gasteiger partial charge in [0, 0.05) is 36.5 Å². The summed E-state index contributed by atoms with van der Waals surface area (Å²) in [7, 11) is 0. The van der Waals surface area contributed by atoms with Gasteiger partial charge in [0.1, 0.15) is 0 Å². The number of para-hydroxylation sites is 3. The van der Waals surface area contributed by atoms with Crippen molar-refractivity contribution >= 4 is 59.0 Å². The molecule has 0 bridgehead atoms. The van der Waals surface area contributed by atoms with Crippen LogP contribution in [0.5, 0.6) is 0 Å². The van der Waals surface area contributed by atoms with E-state index < -0.39 is 0 Å². The second kappa shape index (κ2) is 6.96. The zero-order chi connectivity index (χ0) is 21.9. The first-order valence-electron chi connectivity index (χ1n) is 11.1. The van der Waals surface area contributed by atoms with Crippen LogP contribution in [-0.4, -0.2) is 4.57 Å². The van der Waals surface area contributed by atoms with Crippen LogP contribution in [0.25, 0.3) is 58.8 Å². The van der Waals surface area contributed by atoms with Crippen LogP contribution in [-0.2, 0) is 0 Å². The predicted octanol–water partition coefficient (Wildman–Crippen LogP) is 8.40. The summed E-state index contributed by atoms with van der Waals surface area (Å²) in [5.41, 5.74) is 13.3. The van der Waals surface area contributed by atoms with Gasteiger partial charge < -0.3 is 10.3 Å². The molecule has 3 heteroatoms. The van der Waals surface area contributed by atoms with E-state index in [1.54, 1.807) is 0 Å². The number of fused-ring (bicyclic) bond motifs is 6. The summed E-state index contributed by atoms with van der Waals surface area (Å²) < 4.78 is 4.94. The van der Waals surface area contributed by atoms with Gasteiger partial charge in [-0.3, -0.25) is 0 Å². The summed E-state index contributed by atoms with van der Waals surface area (Å²) in [6.07, 6.45) is 0. The molecule has 0 amide bonds. The maximum atomic E-state index is 6.75. The third-order valence-corrected chi connectivity index (χ3v) is 7.70. The highest BCUT2D eigenvalue weighted by atomic mass is 32.1. The topological polar surface area (TPSA) is 30.9 Å². The van der Waals surface area contributed by atoms with Gasteiger partial charge in [-0.15, -0.1) is 11.3 Å². The second-order valence-electron chi connectivity index (χ2n) is 8.39. The fraction of sp³-hybridized carbons (Fsp3) is 0. The van der Waals surface area contributed by atoms with E-state index in [1.165, 1.54) is 47.5 Å². The molecule has 0 aliphatic carbocycles. The van der Waals surface area contributed by atoms with Gasteiger partial charge in [0.15, 0.2) is 0 Å². The molecule has 0 unspecified atom stereocenters. The van der Waals surface area contributed by atoms with Gasteiger partial charge >= 0.3 is 0 Å². The summed E-state index contributed by atoms with van der Waals surface area (Å²) in [4.78, 5) is 0. The molecule has 0 spiro atoms. The number of nitrogen functional groups attached to an aromatic ring is 1. The Kier molecular flexibility index (Phi) is 3.90. The Morgan fingerprint density at radius 2 is 1.09 bits per heavy atom. The van der Waals surface area contributed by atoms with Gasteiger partial charge in [0.05, 0.1) is 22.4 Å². The highest BCUT2D eigenvalue weighted by Gasteiger charge is 2.19. The quantitative estimate of drug-likeness (QED) is 0.269. The Morgan fingerprint density at radius 3 is 1.85 bits per heavy atom. The summed E-state index contributed by atoms with van der Waals surface area (Å²) in [5, 5.41) is 5.07. The molecule has 2 aromatic heterocycles. The molecular formula is C30H20N2S. The molecule has 2 heterocycles. The van der Waals surface area contributed by atoms with Crippen molar-refractivity contribution in [1.29, 1.82) is 0 Å². The van der Waals surface area contributed by atoms with Gasteiger partial charge in [-0.05, 0) is 35.9 Å². The molecule has 2 N–H and O–H groups in total. The van der Waals surface area contributed by atoms with Crippen LogP contribution in [0.2, 0.25) is 0 Å². The largest absolute Gasteiger partial charge is 0.397 e. The average molecular weight is 441 g/mol. The highest BCUT2D eigenvalue weighted by Crippen LogP contribution is 2.44. The minimum absolute atomic E-state index is 0.774. The molecule has 7 rings (SSSR count). The molecule has 0 aliphatic rings. The number of nitrogens with zero attached hydrogens (tertiary/aromatic N) is 1. The first-order chi connectivity index (χ1) is 16.3. The molecule has 0 fully saturated rings. The molecule has 5 aromatic carbocycles. The summed E-state index contributed by atoms with van der Waals surface area (Å²) in [5.74, 6) is 0. The van der Waals surface area contributed by atoms with Crippen LogP contribution in [0.4, 0.5) is 5.69 Å². The molecule has 0 saturated carbocycles. The Morgan fingerprint density at radius 1 is 0.515 bits per heavy atom. The van der Waals surface area contributed by atoms with Crippen LogP contribution in [0.1, 0.15) is 0 Å². The standard InChI is InChI=1S/C30H20N2S/c31-24-14-7-13-22(21-12-8-18-28-29(21)23-11-3-6-17-27(23)33-28)30(24)32-25-15-4-1-9-19(25)20-10-2-5-16-26(20)32/h1-18H,31H2. The van der Waals surface area contributed by atoms with Crippen molar-refractivity contribution in [2.45, 2.75) is 0 Å². The maximum absolute atomic E-state index is 6.75. The number of benzene rings is 5. The van der Waals surface area contributed by atoms with Crippen LogP contribution in [0.15, 0.2) is 109 Å². The number of thiophene rings is 1. The van der Waals surface area contributed by atoms with Gasteiger partial charge in [-0.1, -0.05) is 78.9 Å². The zero-order valence-electron chi connectivity index (χ0n) is 17.8. The summed E-state index contributed by atoms with van der Waals surface area (Å²) in [6.45, 7) is 0. The Labute approximate surface area is 195 Å². The zero-order valence-corrected chi connectivity index (χ0v) is 18.6. The molecule has 33 heavy (non-hydrogen) atoms. The van der Waals surface area contributed by atoms with Gasteiger partial charge in [0.25, 0.3) is 0 Å². The van der Waals surface area contributed by atoms with E-state index in [0.29, 0.717) is 0 Å². The highest BCUT2D eigenvalue weighted by molar-refractivity contribution is 7.25. The lowest BCUT2D eigenvalue weighted by Gasteiger charge is -2.17. The Bertz CT molecular complexity index is 1780. The minimum Gasteiger partial charge on any atom is -0.397 e. The van der Waals surface area contributed by atoms with Gasteiger partial charge in [-0.2, -0.15) is 0 Å². The van der Waals surface area contributed by atoms with E-state index in [-0.39, 0.29) is 0 Å². The number of aromatic nitrogens is 1. The number of hydrogen-bond donors (Lipinski definition) is 1. The van der Waals surface area contributed by atoms with E-state index >= 15 is 0 Å². The lowest BCUT2D eigenvalue weighted by Crippen LogP contribution is -2.02. The molecule has 0 atom stereocenters. The second-order valence-corrected chi connectivity index (χ2v) is 9.47. The van der Waals surface area contributed by atoms with Crippen LogP contribution in [0, 0.1) is 0 Å². The van der Waals surface area contributed by atoms with Crippen molar-refractivity contribution in [3.05, 3.63) is 109 Å². The molecule has 0 saturated heterocycles. The van der Waals surface area contributed by atoms with Gasteiger partial charge in [0.2, 0.25) is 0 Å². The number of anilines is 1. The smallest absolute Gasteiger partial charge is 0.0770 e. The van der Waals surface area contributed by atoms with Crippen LogP contribution < -0.4 is 5.73 Å². The van der Waals surface area contributed by atoms with Crippen molar-refractivity contribution in [3.63, 3.8) is 0 Å². The fourth-order valence-corrected chi connectivity index (χ4v) is 6.32. The van der Waals surface area contributed by atoms with Crippen molar-refractivity contribution in [2.24, 2.45) is 0 Å². The van der Waals surface area contributed by atoms with E-state index in [1.807, 2.05) is 17.4 Å². The Hall–Kier alpha value is -4.08. The molecule has 7 aromatic rings. The van der Waals surface area contributed by atoms with Gasteiger partial charge in [-0.25, -0.2) is 0 Å². The lowest BCUT2D eigenvalue weighted by molar-refractivity contribution is 1.19. The normalized spacial score (nSPS) is 11.8. The first kappa shape index (κ1) is 18.5. The Balaban J connectivity index is 1.65. The first-order valence-corrected chi connectivity index (χ1v) is 11.9. The van der Waals surface area contributed by atoms with Crippen molar-refractivity contribution < 1.29 is 0 Å². The summed E-state index contributed by atoms with van der Waals surface area (Å²) in [6, 6.07) is 38.7. The number of rotatable bonds is 2.